The van der Waals surface area contributed by atoms with Crippen molar-refractivity contribution >= 4 is 17.1 Å². The van der Waals surface area contributed by atoms with Crippen LogP contribution in [0.1, 0.15) is 68.5 Å². The lowest BCUT2D eigenvalue weighted by atomic mass is 10.1. The molecular weight excluding hydrogens is 560 g/mol. The van der Waals surface area contributed by atoms with Crippen molar-refractivity contribution in [2.45, 2.75) is 115 Å². The van der Waals surface area contributed by atoms with Crippen LogP contribution in [0.25, 0.3) is 0 Å². The molecular formula is C29H46N2O8Si2. The summed E-state index contributed by atoms with van der Waals surface area (Å²) in [6, 6.07) is 10.7. The number of hydrogen-bond acceptors (Lipinski definition) is 8. The molecule has 1 N–H and O–H groups in total. The van der Waals surface area contributed by atoms with Gasteiger partial charge >= 0.3 is 22.8 Å². The van der Waals surface area contributed by atoms with E-state index < -0.39 is 59.2 Å². The molecule has 2 aliphatic heterocycles. The van der Waals surface area contributed by atoms with Crippen LogP contribution in [0.5, 0.6) is 5.75 Å². The molecule has 0 spiro atoms. The number of ether oxygens (including phenoxy) is 3. The fraction of sp³-hybridized carbons (Fsp3) is 0.655. The number of fused-ring (bicyclic) bond motifs is 1. The van der Waals surface area contributed by atoms with Crippen LogP contribution in [-0.4, -0.2) is 57.9 Å². The number of H-pyrrole nitrogens is 1. The number of nitrogens with zero attached hydrogens (tertiary/aromatic N) is 1. The van der Waals surface area contributed by atoms with Gasteiger partial charge in [0.1, 0.15) is 24.1 Å². The van der Waals surface area contributed by atoms with Crippen LogP contribution in [-0.2, 0) is 22.4 Å². The van der Waals surface area contributed by atoms with Crippen LogP contribution in [0, 0.1) is 0 Å². The Hall–Kier alpha value is -2.07. The van der Waals surface area contributed by atoms with E-state index in [1.54, 1.807) is 6.92 Å². The maximum atomic E-state index is 13.0. The maximum Gasteiger partial charge on any atom is 0.335 e. The van der Waals surface area contributed by atoms with E-state index in [1.807, 2.05) is 30.3 Å². The standard InChI is InChI=1S/C29H46N2O8Si2/c1-18(2)40(19(3)4)34-17-24-26(38-41(39-40,20(5)6)21(7)8)27(36-22(9)35-23-13-11-10-12-14-23)28(37-24)31-16-15-25(32)30-29(31)33/h10-16,18-22,24,26-28H,17H2,1-9H3,(H,30,32,33)/t22?,24-,26-,27-,28-/m1/s1. The van der Waals surface area contributed by atoms with Gasteiger partial charge in [0.05, 0.1) is 6.61 Å². The van der Waals surface area contributed by atoms with Gasteiger partial charge < -0.3 is 27.2 Å². The van der Waals surface area contributed by atoms with Gasteiger partial charge in [0.15, 0.2) is 12.5 Å². The average Bonchev–Trinajstić information content (AvgIpc) is 3.19. The first kappa shape index (κ1) is 31.9. The molecule has 2 aliphatic rings. The lowest BCUT2D eigenvalue weighted by molar-refractivity contribution is -0.157. The summed E-state index contributed by atoms with van der Waals surface area (Å²) >= 11 is 0. The van der Waals surface area contributed by atoms with E-state index in [9.17, 15) is 9.59 Å². The molecule has 5 atom stereocenters. The highest BCUT2D eigenvalue weighted by atomic mass is 28.5. The van der Waals surface area contributed by atoms with E-state index in [2.05, 4.69) is 60.4 Å². The van der Waals surface area contributed by atoms with Crippen molar-refractivity contribution in [1.29, 1.82) is 0 Å². The van der Waals surface area contributed by atoms with E-state index in [0.29, 0.717) is 5.75 Å². The van der Waals surface area contributed by atoms with Crippen molar-refractivity contribution < 1.29 is 27.2 Å². The van der Waals surface area contributed by atoms with E-state index in [1.165, 1.54) is 16.8 Å². The number of aromatic amines is 1. The van der Waals surface area contributed by atoms with Gasteiger partial charge in [-0.2, -0.15) is 0 Å². The second-order valence-electron chi connectivity index (χ2n) is 12.2. The summed E-state index contributed by atoms with van der Waals surface area (Å²) in [6.07, 6.45) is -2.06. The summed E-state index contributed by atoms with van der Waals surface area (Å²) in [5, 5.41) is 0. The zero-order valence-electron chi connectivity index (χ0n) is 25.7. The average molecular weight is 607 g/mol. The number of hydrogen-bond donors (Lipinski definition) is 1. The van der Waals surface area contributed by atoms with Crippen LogP contribution in [0.2, 0.25) is 22.2 Å². The third kappa shape index (κ3) is 6.33. The Morgan fingerprint density at radius 2 is 1.49 bits per heavy atom. The molecule has 2 saturated heterocycles. The first-order valence-corrected chi connectivity index (χ1v) is 18.6. The summed E-state index contributed by atoms with van der Waals surface area (Å²) in [4.78, 5) is 27.2. The van der Waals surface area contributed by atoms with E-state index in [4.69, 9.17) is 27.2 Å². The Morgan fingerprint density at radius 3 is 2.05 bits per heavy atom. The number of benzene rings is 1. The van der Waals surface area contributed by atoms with Crippen molar-refractivity contribution in [3.8, 4) is 5.75 Å². The largest absolute Gasteiger partial charge is 0.465 e. The lowest BCUT2D eigenvalue weighted by Gasteiger charge is -2.51. The van der Waals surface area contributed by atoms with Crippen molar-refractivity contribution in [1.82, 2.24) is 9.55 Å². The minimum atomic E-state index is -3.00. The van der Waals surface area contributed by atoms with Crippen molar-refractivity contribution in [2.75, 3.05) is 6.61 Å². The van der Waals surface area contributed by atoms with E-state index in [-0.39, 0.29) is 28.8 Å². The van der Waals surface area contributed by atoms with Crippen LogP contribution in [0.3, 0.4) is 0 Å². The molecule has 3 heterocycles. The monoisotopic (exact) mass is 606 g/mol. The highest BCUT2D eigenvalue weighted by molar-refractivity contribution is 6.84. The Morgan fingerprint density at radius 1 is 0.878 bits per heavy atom. The third-order valence-corrected chi connectivity index (χ3v) is 18.4. The SMILES string of the molecule is CC(Oc1ccccc1)O[C@@H]1[C@@H]2O[Si](C(C)C)(C(C)C)O[Si](C(C)C)(C(C)C)OC[C@H]2O[C@H]1n1ccc(=O)[nH]c1=O. The molecule has 1 aromatic carbocycles. The molecule has 4 rings (SSSR count). The molecule has 0 bridgehead atoms. The molecule has 0 saturated carbocycles. The van der Waals surface area contributed by atoms with Gasteiger partial charge in [-0.15, -0.1) is 0 Å². The number of nitrogens with one attached hydrogen (secondary N) is 1. The maximum absolute atomic E-state index is 13.0. The summed E-state index contributed by atoms with van der Waals surface area (Å²) in [5.41, 5.74) is -0.527. The third-order valence-electron chi connectivity index (χ3n) is 8.14. The van der Waals surface area contributed by atoms with Crippen molar-refractivity contribution in [2.24, 2.45) is 0 Å². The normalized spacial score (nSPS) is 26.7. The topological polar surface area (TPSA) is 110 Å². The lowest BCUT2D eigenvalue weighted by Crippen LogP contribution is -2.66. The quantitative estimate of drug-likeness (QED) is 0.306. The van der Waals surface area contributed by atoms with Crippen LogP contribution < -0.4 is 16.0 Å². The Bertz CT molecular complexity index is 1250. The zero-order valence-corrected chi connectivity index (χ0v) is 27.7. The molecule has 0 radical (unpaired) electrons. The van der Waals surface area contributed by atoms with Gasteiger partial charge in [0, 0.05) is 12.3 Å². The molecule has 228 valence electrons. The van der Waals surface area contributed by atoms with E-state index in [0.717, 1.165) is 0 Å². The smallest absolute Gasteiger partial charge is 0.335 e. The van der Waals surface area contributed by atoms with Crippen LogP contribution >= 0.6 is 0 Å². The molecule has 12 heteroatoms. The van der Waals surface area contributed by atoms with Gasteiger partial charge in [-0.3, -0.25) is 14.3 Å². The molecule has 2 fully saturated rings. The minimum Gasteiger partial charge on any atom is -0.465 e. The molecule has 41 heavy (non-hydrogen) atoms. The highest BCUT2D eigenvalue weighted by Gasteiger charge is 2.62. The van der Waals surface area contributed by atoms with Gasteiger partial charge in [0.2, 0.25) is 0 Å². The molecule has 2 aromatic rings. The summed E-state index contributed by atoms with van der Waals surface area (Å²) in [5.74, 6) is 0.649. The number of para-hydroxylation sites is 1. The van der Waals surface area contributed by atoms with Crippen molar-refractivity contribution in [3.05, 3.63) is 63.4 Å². The van der Waals surface area contributed by atoms with Crippen molar-refractivity contribution in [3.63, 3.8) is 0 Å². The fourth-order valence-electron chi connectivity index (χ4n) is 6.06. The summed E-state index contributed by atoms with van der Waals surface area (Å²) < 4.78 is 41.9. The first-order chi connectivity index (χ1) is 19.3. The second-order valence-corrected chi connectivity index (χ2v) is 21.1. The molecule has 0 amide bonds. The first-order valence-electron chi connectivity index (χ1n) is 14.7. The van der Waals surface area contributed by atoms with E-state index >= 15 is 0 Å². The fourth-order valence-corrected chi connectivity index (χ4v) is 17.3. The molecule has 1 unspecified atom stereocenters. The second kappa shape index (κ2) is 12.7. The van der Waals surface area contributed by atoms with Gasteiger partial charge in [-0.25, -0.2) is 4.79 Å². The zero-order chi connectivity index (χ0) is 30.1. The van der Waals surface area contributed by atoms with Gasteiger partial charge in [-0.05, 0) is 41.2 Å². The Balaban J connectivity index is 1.80. The number of aromatic nitrogens is 2. The molecule has 0 aliphatic carbocycles. The van der Waals surface area contributed by atoms with Gasteiger partial charge in [0.25, 0.3) is 5.56 Å². The predicted octanol–water partition coefficient (Wildman–Crippen LogP) is 5.20. The van der Waals surface area contributed by atoms with Crippen LogP contribution in [0.15, 0.2) is 52.2 Å². The highest BCUT2D eigenvalue weighted by Crippen LogP contribution is 2.48. The summed E-state index contributed by atoms with van der Waals surface area (Å²) in [7, 11) is -5.79. The Labute approximate surface area is 244 Å². The van der Waals surface area contributed by atoms with Gasteiger partial charge in [-0.1, -0.05) is 73.6 Å². The Kier molecular flexibility index (Phi) is 9.84. The summed E-state index contributed by atoms with van der Waals surface area (Å²) in [6.45, 7) is 19.3. The molecule has 10 nitrogen and oxygen atoms in total. The molecule has 1 aromatic heterocycles. The minimum absolute atomic E-state index is 0.0997. The van der Waals surface area contributed by atoms with Crippen LogP contribution in [0.4, 0.5) is 0 Å². The number of rotatable bonds is 9. The predicted molar refractivity (Wildman–Crippen MR) is 160 cm³/mol.